The number of carbonyl (C=O) groups excluding carboxylic acids is 1. The van der Waals surface area contributed by atoms with E-state index in [1.807, 2.05) is 72.5 Å². The van der Waals surface area contributed by atoms with Crippen LogP contribution in [0, 0.1) is 6.92 Å². The number of aromatic nitrogens is 2. The molecule has 1 saturated heterocycles. The summed E-state index contributed by atoms with van der Waals surface area (Å²) < 4.78 is 27.9. The van der Waals surface area contributed by atoms with Crippen molar-refractivity contribution in [1.29, 1.82) is 0 Å². The Hall–Kier alpha value is -5.61. The Morgan fingerprint density at radius 3 is 1.69 bits per heavy atom. The maximum absolute atomic E-state index is 14.4. The van der Waals surface area contributed by atoms with Gasteiger partial charge in [-0.05, 0) is 78.6 Å². The lowest BCUT2D eigenvalue weighted by atomic mass is 9.99. The van der Waals surface area contributed by atoms with Gasteiger partial charge in [-0.2, -0.15) is 0 Å². The zero-order valence-electron chi connectivity index (χ0n) is 30.0. The van der Waals surface area contributed by atoms with Crippen molar-refractivity contribution in [2.24, 2.45) is 0 Å². The average Bonchev–Trinajstić information content (AvgIpc) is 3.17. The lowest BCUT2D eigenvalue weighted by Crippen LogP contribution is -2.57. The Balaban J connectivity index is 1.25. The van der Waals surface area contributed by atoms with Gasteiger partial charge in [0.25, 0.3) is 0 Å². The van der Waals surface area contributed by atoms with Crippen LogP contribution in [0.4, 0.5) is 0 Å². The third-order valence-electron chi connectivity index (χ3n) is 9.38. The van der Waals surface area contributed by atoms with Crippen LogP contribution in [0.1, 0.15) is 22.3 Å². The molecular weight excluding hydrogens is 644 g/mol. The molecule has 10 nitrogen and oxygen atoms in total. The maximum atomic E-state index is 14.4. The maximum Gasteiger partial charge on any atom is 0.240 e. The fraction of sp³-hybridized carbons (Fsp3) is 0.293. The summed E-state index contributed by atoms with van der Waals surface area (Å²) in [7, 11) is 8.08. The van der Waals surface area contributed by atoms with Crippen molar-refractivity contribution in [1.82, 2.24) is 19.8 Å². The first-order chi connectivity index (χ1) is 24.8. The summed E-state index contributed by atoms with van der Waals surface area (Å²) in [5.41, 5.74) is 7.38. The van der Waals surface area contributed by atoms with Crippen molar-refractivity contribution in [3.8, 4) is 51.3 Å². The number of carbonyl (C=O) groups is 1. The van der Waals surface area contributed by atoms with Gasteiger partial charge in [-0.15, -0.1) is 0 Å². The SMILES string of the molecule is COc1cc(-c2cc(CN3CCN(Cc4ccnc(-c5cc(OC)c(OC)c(OC)c5)c4)C(Cc4ccccc4)C3=O)ccn2)cc(OC)c1C. The molecule has 1 aliphatic heterocycles. The second kappa shape index (κ2) is 15.9. The van der Waals surface area contributed by atoms with Crippen molar-refractivity contribution in [3.63, 3.8) is 0 Å². The van der Waals surface area contributed by atoms with Crippen LogP contribution in [0.25, 0.3) is 22.5 Å². The van der Waals surface area contributed by atoms with Crippen LogP contribution < -0.4 is 23.7 Å². The molecule has 1 unspecified atom stereocenters. The molecule has 1 aliphatic rings. The first-order valence-corrected chi connectivity index (χ1v) is 16.9. The molecule has 2 aromatic heterocycles. The molecule has 0 radical (unpaired) electrons. The fourth-order valence-corrected chi connectivity index (χ4v) is 6.66. The summed E-state index contributed by atoms with van der Waals surface area (Å²) in [5.74, 6) is 3.21. The van der Waals surface area contributed by atoms with Gasteiger partial charge >= 0.3 is 0 Å². The van der Waals surface area contributed by atoms with E-state index in [0.29, 0.717) is 43.3 Å². The molecule has 0 spiro atoms. The van der Waals surface area contributed by atoms with Gasteiger partial charge < -0.3 is 28.6 Å². The number of piperazine rings is 1. The summed E-state index contributed by atoms with van der Waals surface area (Å²) in [4.78, 5) is 27.9. The van der Waals surface area contributed by atoms with Crippen LogP contribution in [0.15, 0.2) is 91.3 Å². The largest absolute Gasteiger partial charge is 0.496 e. The van der Waals surface area contributed by atoms with Crippen LogP contribution in [0.2, 0.25) is 0 Å². The summed E-state index contributed by atoms with van der Waals surface area (Å²) >= 11 is 0. The Kier molecular flexibility index (Phi) is 11.0. The van der Waals surface area contributed by atoms with E-state index in [4.69, 9.17) is 23.7 Å². The third kappa shape index (κ3) is 7.76. The quantitative estimate of drug-likeness (QED) is 0.135. The van der Waals surface area contributed by atoms with Gasteiger partial charge in [-0.3, -0.25) is 19.7 Å². The molecule has 1 fully saturated rings. The van der Waals surface area contributed by atoms with Crippen LogP contribution >= 0.6 is 0 Å². The number of hydrogen-bond donors (Lipinski definition) is 0. The topological polar surface area (TPSA) is 95.5 Å². The van der Waals surface area contributed by atoms with Crippen molar-refractivity contribution < 1.29 is 28.5 Å². The molecule has 3 aromatic carbocycles. The first-order valence-electron chi connectivity index (χ1n) is 16.9. The minimum atomic E-state index is -0.342. The number of nitrogens with zero attached hydrogens (tertiary/aromatic N) is 4. The second-order valence-electron chi connectivity index (χ2n) is 12.5. The van der Waals surface area contributed by atoms with Gasteiger partial charge in [0.05, 0.1) is 53.0 Å². The van der Waals surface area contributed by atoms with E-state index in [9.17, 15) is 4.79 Å². The van der Waals surface area contributed by atoms with Crippen LogP contribution in [0.3, 0.4) is 0 Å². The molecule has 1 amide bonds. The van der Waals surface area contributed by atoms with Crippen molar-refractivity contribution in [2.75, 3.05) is 48.6 Å². The van der Waals surface area contributed by atoms with Gasteiger partial charge in [-0.1, -0.05) is 30.3 Å². The molecule has 0 N–H and O–H groups in total. The number of rotatable bonds is 13. The van der Waals surface area contributed by atoms with E-state index >= 15 is 0 Å². The molecule has 0 bridgehead atoms. The number of benzene rings is 3. The molecule has 51 heavy (non-hydrogen) atoms. The number of amides is 1. The zero-order valence-corrected chi connectivity index (χ0v) is 30.0. The van der Waals surface area contributed by atoms with Gasteiger partial charge in [-0.25, -0.2) is 0 Å². The molecule has 10 heteroatoms. The smallest absolute Gasteiger partial charge is 0.240 e. The lowest BCUT2D eigenvalue weighted by Gasteiger charge is -2.41. The predicted octanol–water partition coefficient (Wildman–Crippen LogP) is 6.62. The highest BCUT2D eigenvalue weighted by Gasteiger charge is 2.35. The van der Waals surface area contributed by atoms with E-state index in [1.54, 1.807) is 47.9 Å². The minimum absolute atomic E-state index is 0.0982. The summed E-state index contributed by atoms with van der Waals surface area (Å²) in [6.07, 6.45) is 4.20. The van der Waals surface area contributed by atoms with E-state index in [0.717, 1.165) is 62.8 Å². The van der Waals surface area contributed by atoms with Crippen molar-refractivity contribution >= 4 is 5.91 Å². The van der Waals surface area contributed by atoms with Crippen molar-refractivity contribution in [2.45, 2.75) is 32.5 Å². The molecule has 1 atom stereocenters. The number of methoxy groups -OCH3 is 5. The second-order valence-corrected chi connectivity index (χ2v) is 12.5. The molecule has 0 saturated carbocycles. The highest BCUT2D eigenvalue weighted by Crippen LogP contribution is 2.41. The Morgan fingerprint density at radius 2 is 1.16 bits per heavy atom. The van der Waals surface area contributed by atoms with E-state index < -0.39 is 0 Å². The Labute approximate surface area is 299 Å². The van der Waals surface area contributed by atoms with Gasteiger partial charge in [0, 0.05) is 55.3 Å². The highest BCUT2D eigenvalue weighted by atomic mass is 16.5. The van der Waals surface area contributed by atoms with E-state index in [-0.39, 0.29) is 11.9 Å². The molecular formula is C41H44N4O6. The van der Waals surface area contributed by atoms with E-state index in [1.165, 1.54) is 0 Å². The third-order valence-corrected chi connectivity index (χ3v) is 9.38. The number of pyridine rings is 2. The molecule has 0 aliphatic carbocycles. The van der Waals surface area contributed by atoms with E-state index in [2.05, 4.69) is 33.1 Å². The summed E-state index contributed by atoms with van der Waals surface area (Å²) in [6, 6.07) is 25.7. The number of hydrogen-bond acceptors (Lipinski definition) is 9. The van der Waals surface area contributed by atoms with Crippen molar-refractivity contribution in [3.05, 3.63) is 114 Å². The van der Waals surface area contributed by atoms with Crippen LogP contribution in [-0.4, -0.2) is 80.4 Å². The summed E-state index contributed by atoms with van der Waals surface area (Å²) in [6.45, 7) is 4.35. The number of ether oxygens (including phenoxy) is 5. The highest BCUT2D eigenvalue weighted by molar-refractivity contribution is 5.83. The van der Waals surface area contributed by atoms with Crippen LogP contribution in [-0.2, 0) is 24.3 Å². The normalized spacial score (nSPS) is 14.7. The molecule has 6 rings (SSSR count). The lowest BCUT2D eigenvalue weighted by molar-refractivity contribution is -0.142. The molecule has 3 heterocycles. The van der Waals surface area contributed by atoms with Gasteiger partial charge in [0.15, 0.2) is 11.5 Å². The average molecular weight is 689 g/mol. The van der Waals surface area contributed by atoms with Crippen LogP contribution in [0.5, 0.6) is 28.7 Å². The zero-order chi connectivity index (χ0) is 35.9. The standard InChI is InChI=1S/C41H44N4O6/c1-27-36(47-2)21-31(22-37(27)48-3)33-19-30(13-15-42-33)26-45-17-16-44(35(41(45)46)20-28-10-8-7-9-11-28)25-29-12-14-43-34(18-29)32-23-38(49-4)40(51-6)39(24-32)50-5/h7-15,18-19,21-24,35H,16-17,20,25-26H2,1-6H3. The monoisotopic (exact) mass is 688 g/mol. The Morgan fingerprint density at radius 1 is 0.627 bits per heavy atom. The van der Waals surface area contributed by atoms with Gasteiger partial charge in [0.2, 0.25) is 11.7 Å². The van der Waals surface area contributed by atoms with Gasteiger partial charge in [0.1, 0.15) is 11.5 Å². The predicted molar refractivity (Wildman–Crippen MR) is 197 cm³/mol. The fourth-order valence-electron chi connectivity index (χ4n) is 6.66. The molecule has 5 aromatic rings. The minimum Gasteiger partial charge on any atom is -0.496 e. The molecule has 264 valence electrons. The summed E-state index contributed by atoms with van der Waals surface area (Å²) in [5, 5.41) is 0. The first kappa shape index (κ1) is 35.2. The Bertz CT molecular complexity index is 1930.